The number of fused-ring (bicyclic) bond motifs is 2. The molecule has 1 saturated heterocycles. The molecule has 9 heteroatoms. The number of piperidine rings is 1. The van der Waals surface area contributed by atoms with Crippen LogP contribution in [0.2, 0.25) is 0 Å². The van der Waals surface area contributed by atoms with Crippen molar-refractivity contribution in [2.75, 3.05) is 13.1 Å². The zero-order valence-electron chi connectivity index (χ0n) is 21.1. The molecule has 1 N–H and O–H groups in total. The van der Waals surface area contributed by atoms with Gasteiger partial charge in [-0.1, -0.05) is 38.1 Å². The van der Waals surface area contributed by atoms with Crippen LogP contribution in [-0.2, 0) is 22.7 Å². The van der Waals surface area contributed by atoms with Gasteiger partial charge in [-0.2, -0.15) is 12.6 Å². The summed E-state index contributed by atoms with van der Waals surface area (Å²) in [6.07, 6.45) is 5.91. The molecular formula is C28H31N5O2S2. The summed E-state index contributed by atoms with van der Waals surface area (Å²) in [5.41, 5.74) is 6.03. The highest BCUT2D eigenvalue weighted by molar-refractivity contribution is 7.80. The third-order valence-corrected chi connectivity index (χ3v) is 9.60. The zero-order chi connectivity index (χ0) is 25.7. The molecule has 2 atom stereocenters. The summed E-state index contributed by atoms with van der Waals surface area (Å²) in [7, 11) is 0. The number of benzene rings is 1. The number of carbonyl (C=O) groups is 2. The second-order valence-corrected chi connectivity index (χ2v) is 12.1. The Morgan fingerprint density at radius 2 is 2.05 bits per heavy atom. The van der Waals surface area contributed by atoms with Gasteiger partial charge in [-0.05, 0) is 47.1 Å². The second-order valence-electron chi connectivity index (χ2n) is 10.5. The number of aromatic nitrogens is 2. The maximum Gasteiger partial charge on any atom is 0.243 e. The van der Waals surface area contributed by atoms with Crippen LogP contribution in [-0.4, -0.2) is 50.7 Å². The molecule has 2 amide bonds. The lowest BCUT2D eigenvalue weighted by Crippen LogP contribution is -2.51. The van der Waals surface area contributed by atoms with Gasteiger partial charge in [-0.25, -0.2) is 9.97 Å². The molecule has 1 fully saturated rings. The van der Waals surface area contributed by atoms with E-state index >= 15 is 0 Å². The molecule has 37 heavy (non-hydrogen) atoms. The molecule has 0 spiro atoms. The van der Waals surface area contributed by atoms with E-state index in [0.29, 0.717) is 25.3 Å². The fraction of sp³-hybridized carbons (Fsp3) is 0.429. The normalized spacial score (nSPS) is 23.0. The predicted molar refractivity (Wildman–Crippen MR) is 149 cm³/mol. The van der Waals surface area contributed by atoms with Crippen LogP contribution >= 0.6 is 24.0 Å². The number of rotatable bonds is 5. The van der Waals surface area contributed by atoms with E-state index in [9.17, 15) is 9.59 Å². The van der Waals surface area contributed by atoms with Crippen molar-refractivity contribution in [2.24, 2.45) is 0 Å². The summed E-state index contributed by atoms with van der Waals surface area (Å²) in [5, 5.41) is 3.52. The molecule has 7 nitrogen and oxygen atoms in total. The SMILES string of the molecule is CC(C)c1cc2c(C3=CCN(Cc4ccc5c(c4)CN(C4CCC(=O)NC4=O)C5S)CC3)ncnc2s1. The standard InChI is InChI=1S/C28H31N5O2S2/c1-16(2)23-12-21-25(29-15-30-27(21)37-23)18-7-9-32(10-8-18)13-17-3-4-20-19(11-17)14-33(28(20)36)22-5-6-24(34)31-26(22)35/h3-4,7,11-12,15-16,22,28,36H,5-6,8-10,13-14H2,1-2H3,(H,31,34,35). The average Bonchev–Trinajstić information content (AvgIpc) is 3.46. The molecule has 0 bridgehead atoms. The minimum Gasteiger partial charge on any atom is -0.295 e. The largest absolute Gasteiger partial charge is 0.295 e. The number of hydrogen-bond donors (Lipinski definition) is 2. The first-order chi connectivity index (χ1) is 17.9. The zero-order valence-corrected chi connectivity index (χ0v) is 22.8. The monoisotopic (exact) mass is 533 g/mol. The summed E-state index contributed by atoms with van der Waals surface area (Å²) in [6, 6.07) is 8.55. The van der Waals surface area contributed by atoms with Crippen LogP contribution in [0.1, 0.15) is 71.7 Å². The molecule has 2 aromatic heterocycles. The van der Waals surface area contributed by atoms with Crippen LogP contribution in [0.4, 0.5) is 0 Å². The molecule has 2 unspecified atom stereocenters. The van der Waals surface area contributed by atoms with Crippen molar-refractivity contribution in [1.29, 1.82) is 0 Å². The lowest BCUT2D eigenvalue weighted by molar-refractivity contribution is -0.137. The maximum atomic E-state index is 12.4. The lowest BCUT2D eigenvalue weighted by Gasteiger charge is -2.32. The Hall–Kier alpha value is -2.59. The van der Waals surface area contributed by atoms with Crippen molar-refractivity contribution < 1.29 is 9.59 Å². The first kappa shape index (κ1) is 24.7. The van der Waals surface area contributed by atoms with Gasteiger partial charge < -0.3 is 0 Å². The molecule has 192 valence electrons. The quantitative estimate of drug-likeness (QED) is 0.367. The number of nitrogens with one attached hydrogen (secondary N) is 1. The number of nitrogens with zero attached hydrogens (tertiary/aromatic N) is 4. The van der Waals surface area contributed by atoms with Gasteiger partial charge in [0.15, 0.2) is 0 Å². The summed E-state index contributed by atoms with van der Waals surface area (Å²) >= 11 is 6.59. The van der Waals surface area contributed by atoms with E-state index in [1.165, 1.54) is 27.0 Å². The fourth-order valence-corrected chi connectivity index (χ4v) is 7.13. The number of carbonyl (C=O) groups excluding carboxylic acids is 2. The Kier molecular flexibility index (Phi) is 6.65. The van der Waals surface area contributed by atoms with Gasteiger partial charge in [0, 0.05) is 42.9 Å². The minimum absolute atomic E-state index is 0.133. The second kappa shape index (κ2) is 9.94. The van der Waals surface area contributed by atoms with E-state index in [1.807, 2.05) is 0 Å². The molecule has 0 radical (unpaired) electrons. The van der Waals surface area contributed by atoms with Gasteiger partial charge in [0.05, 0.1) is 17.1 Å². The Bertz CT molecular complexity index is 1410. The van der Waals surface area contributed by atoms with Crippen molar-refractivity contribution in [3.8, 4) is 0 Å². The van der Waals surface area contributed by atoms with E-state index in [1.54, 1.807) is 17.7 Å². The third kappa shape index (κ3) is 4.74. The fourth-order valence-electron chi connectivity index (χ4n) is 5.63. The number of hydrogen-bond acceptors (Lipinski definition) is 8. The van der Waals surface area contributed by atoms with Gasteiger partial charge in [0.2, 0.25) is 11.8 Å². The molecule has 3 aliphatic rings. The smallest absolute Gasteiger partial charge is 0.243 e. The lowest BCUT2D eigenvalue weighted by atomic mass is 10.0. The molecule has 5 heterocycles. The van der Waals surface area contributed by atoms with Crippen molar-refractivity contribution in [3.05, 3.63) is 63.9 Å². The summed E-state index contributed by atoms with van der Waals surface area (Å²) in [6.45, 7) is 7.86. The van der Waals surface area contributed by atoms with Gasteiger partial charge in [-0.3, -0.25) is 24.7 Å². The van der Waals surface area contributed by atoms with Crippen LogP contribution in [0.25, 0.3) is 15.8 Å². The Morgan fingerprint density at radius 1 is 1.19 bits per heavy atom. The van der Waals surface area contributed by atoms with Gasteiger partial charge in [0.25, 0.3) is 0 Å². The van der Waals surface area contributed by atoms with E-state index in [0.717, 1.165) is 42.1 Å². The van der Waals surface area contributed by atoms with E-state index in [4.69, 9.17) is 12.6 Å². The number of amides is 2. The van der Waals surface area contributed by atoms with Gasteiger partial charge >= 0.3 is 0 Å². The Labute approximate surface area is 226 Å². The first-order valence-corrected chi connectivity index (χ1v) is 14.3. The van der Waals surface area contributed by atoms with Crippen LogP contribution < -0.4 is 5.32 Å². The molecule has 6 rings (SSSR count). The van der Waals surface area contributed by atoms with Crippen LogP contribution in [0, 0.1) is 0 Å². The maximum absolute atomic E-state index is 12.4. The minimum atomic E-state index is -0.310. The average molecular weight is 534 g/mol. The molecule has 0 saturated carbocycles. The van der Waals surface area contributed by atoms with Crippen LogP contribution in [0.5, 0.6) is 0 Å². The van der Waals surface area contributed by atoms with Crippen molar-refractivity contribution in [1.82, 2.24) is 25.1 Å². The van der Waals surface area contributed by atoms with E-state index in [2.05, 4.69) is 69.3 Å². The highest BCUT2D eigenvalue weighted by Gasteiger charge is 2.39. The summed E-state index contributed by atoms with van der Waals surface area (Å²) < 4.78 is 0. The molecular weight excluding hydrogens is 502 g/mol. The topological polar surface area (TPSA) is 78.4 Å². The van der Waals surface area contributed by atoms with Gasteiger partial charge in [-0.15, -0.1) is 11.3 Å². The highest BCUT2D eigenvalue weighted by Crippen LogP contribution is 2.40. The van der Waals surface area contributed by atoms with E-state index in [-0.39, 0.29) is 23.2 Å². The molecule has 0 aliphatic carbocycles. The van der Waals surface area contributed by atoms with Gasteiger partial charge in [0.1, 0.15) is 11.2 Å². The van der Waals surface area contributed by atoms with E-state index < -0.39 is 0 Å². The van der Waals surface area contributed by atoms with Crippen LogP contribution in [0.15, 0.2) is 36.7 Å². The highest BCUT2D eigenvalue weighted by atomic mass is 32.1. The van der Waals surface area contributed by atoms with Crippen LogP contribution in [0.3, 0.4) is 0 Å². The third-order valence-electron chi connectivity index (χ3n) is 7.68. The summed E-state index contributed by atoms with van der Waals surface area (Å²) in [4.78, 5) is 40.2. The summed E-state index contributed by atoms with van der Waals surface area (Å²) in [5.74, 6) is 0.0988. The number of imide groups is 1. The first-order valence-electron chi connectivity index (χ1n) is 12.9. The Balaban J connectivity index is 1.14. The Morgan fingerprint density at radius 3 is 2.81 bits per heavy atom. The predicted octanol–water partition coefficient (Wildman–Crippen LogP) is 4.65. The molecule has 3 aromatic rings. The van der Waals surface area contributed by atoms with Crippen molar-refractivity contribution in [2.45, 2.75) is 63.5 Å². The van der Waals surface area contributed by atoms with Crippen molar-refractivity contribution >= 4 is 51.6 Å². The molecule has 1 aromatic carbocycles. The van der Waals surface area contributed by atoms with Crippen molar-refractivity contribution in [3.63, 3.8) is 0 Å². The number of thiol groups is 1. The molecule has 3 aliphatic heterocycles. The number of thiophene rings is 1.